The van der Waals surface area contributed by atoms with Crippen LogP contribution in [0, 0.1) is 0 Å². The summed E-state index contributed by atoms with van der Waals surface area (Å²) >= 11 is 0. The van der Waals surface area contributed by atoms with E-state index in [1.54, 1.807) is 43.3 Å². The Morgan fingerprint density at radius 1 is 0.897 bits per heavy atom. The van der Waals surface area contributed by atoms with Gasteiger partial charge in [0.1, 0.15) is 0 Å². The molecule has 0 radical (unpaired) electrons. The molecule has 3 aromatic rings. The summed E-state index contributed by atoms with van der Waals surface area (Å²) in [6.07, 6.45) is 2.97. The lowest BCUT2D eigenvalue weighted by Gasteiger charge is -2.08. The molecular formula is C21H18N4O4. The third-order valence-corrected chi connectivity index (χ3v) is 3.98. The van der Waals surface area contributed by atoms with Crippen molar-refractivity contribution in [2.45, 2.75) is 6.92 Å². The van der Waals surface area contributed by atoms with E-state index in [1.165, 1.54) is 24.5 Å². The van der Waals surface area contributed by atoms with E-state index in [0.717, 1.165) is 0 Å². The number of hydrogen-bond donors (Lipinski definition) is 2. The Morgan fingerprint density at radius 2 is 1.48 bits per heavy atom. The minimum atomic E-state index is -0.542. The molecular weight excluding hydrogens is 372 g/mol. The second kappa shape index (κ2) is 8.75. The van der Waals surface area contributed by atoms with Crippen molar-refractivity contribution in [3.8, 4) is 11.4 Å². The number of carbonyl (C=O) groups is 3. The second-order valence-corrected chi connectivity index (χ2v) is 5.98. The van der Waals surface area contributed by atoms with E-state index in [-0.39, 0.29) is 12.5 Å². The zero-order chi connectivity index (χ0) is 20.8. The minimum absolute atomic E-state index is 0.269. The van der Waals surface area contributed by atoms with Crippen LogP contribution in [0.4, 0.5) is 5.69 Å². The Balaban J connectivity index is 1.80. The minimum Gasteiger partial charge on any atom is -0.462 e. The van der Waals surface area contributed by atoms with Crippen molar-refractivity contribution in [2.24, 2.45) is 5.73 Å². The van der Waals surface area contributed by atoms with E-state index >= 15 is 0 Å². The van der Waals surface area contributed by atoms with Crippen molar-refractivity contribution in [1.29, 1.82) is 0 Å². The Labute approximate surface area is 166 Å². The summed E-state index contributed by atoms with van der Waals surface area (Å²) in [7, 11) is 0. The summed E-state index contributed by atoms with van der Waals surface area (Å²) in [6.45, 7) is 2.00. The van der Waals surface area contributed by atoms with Gasteiger partial charge in [-0.05, 0) is 55.5 Å². The lowest BCUT2D eigenvalue weighted by molar-refractivity contribution is 0.0526. The maximum atomic E-state index is 12.6. The van der Waals surface area contributed by atoms with Gasteiger partial charge in [-0.1, -0.05) is 0 Å². The zero-order valence-electron chi connectivity index (χ0n) is 15.6. The molecule has 0 fully saturated rings. The number of ether oxygens (including phenoxy) is 1. The highest BCUT2D eigenvalue weighted by molar-refractivity contribution is 6.05. The van der Waals surface area contributed by atoms with Crippen LogP contribution in [0.2, 0.25) is 0 Å². The Morgan fingerprint density at radius 3 is 2.07 bits per heavy atom. The Kier molecular flexibility index (Phi) is 5.94. The maximum absolute atomic E-state index is 12.6. The van der Waals surface area contributed by atoms with Crippen molar-refractivity contribution in [3.05, 3.63) is 77.6 Å². The maximum Gasteiger partial charge on any atom is 0.338 e. The largest absolute Gasteiger partial charge is 0.462 e. The molecule has 0 saturated carbocycles. The van der Waals surface area contributed by atoms with Crippen LogP contribution in [-0.2, 0) is 4.74 Å². The number of aromatic nitrogens is 2. The average Bonchev–Trinajstić information content (AvgIpc) is 2.74. The van der Waals surface area contributed by atoms with Crippen molar-refractivity contribution in [2.75, 3.05) is 11.9 Å². The molecule has 3 rings (SSSR count). The summed E-state index contributed by atoms with van der Waals surface area (Å²) in [5.41, 5.74) is 7.66. The van der Waals surface area contributed by atoms with Gasteiger partial charge in [0.15, 0.2) is 0 Å². The molecule has 2 heterocycles. The van der Waals surface area contributed by atoms with Gasteiger partial charge in [0.05, 0.1) is 23.6 Å². The number of primary amides is 1. The summed E-state index contributed by atoms with van der Waals surface area (Å²) in [5.74, 6) is -1.36. The smallest absolute Gasteiger partial charge is 0.338 e. The molecule has 0 unspecified atom stereocenters. The van der Waals surface area contributed by atoms with Gasteiger partial charge in [-0.2, -0.15) is 0 Å². The third kappa shape index (κ3) is 4.81. The van der Waals surface area contributed by atoms with E-state index in [0.29, 0.717) is 33.8 Å². The standard InChI is InChI=1S/C21H18N4O4/c1-2-29-21(28)15-8-10-24-18(12-15)17-11-14(7-9-23-17)20(27)25-16-5-3-13(4-6-16)19(22)26/h3-12H,2H2,1H3,(H2,22,26)(H,25,27). The van der Waals surface area contributed by atoms with Crippen LogP contribution in [0.25, 0.3) is 11.4 Å². The lowest BCUT2D eigenvalue weighted by Crippen LogP contribution is -2.13. The topological polar surface area (TPSA) is 124 Å². The SMILES string of the molecule is CCOC(=O)c1ccnc(-c2cc(C(=O)Nc3ccc(C(N)=O)cc3)ccn2)c1. The van der Waals surface area contributed by atoms with Gasteiger partial charge < -0.3 is 15.8 Å². The first-order valence-corrected chi connectivity index (χ1v) is 8.78. The van der Waals surface area contributed by atoms with Crippen LogP contribution < -0.4 is 11.1 Å². The van der Waals surface area contributed by atoms with Gasteiger partial charge >= 0.3 is 5.97 Å². The van der Waals surface area contributed by atoms with E-state index in [1.807, 2.05) is 0 Å². The molecule has 0 aliphatic heterocycles. The molecule has 2 aromatic heterocycles. The van der Waals surface area contributed by atoms with Crippen molar-refractivity contribution in [3.63, 3.8) is 0 Å². The summed E-state index contributed by atoms with van der Waals surface area (Å²) in [5, 5.41) is 2.74. The number of nitrogens with zero attached hydrogens (tertiary/aromatic N) is 2. The van der Waals surface area contributed by atoms with Gasteiger partial charge in [-0.3, -0.25) is 19.6 Å². The summed E-state index contributed by atoms with van der Waals surface area (Å²) in [4.78, 5) is 44.0. The molecule has 3 N–H and O–H groups in total. The van der Waals surface area contributed by atoms with Crippen LogP contribution in [0.3, 0.4) is 0 Å². The molecule has 0 aliphatic carbocycles. The van der Waals surface area contributed by atoms with Crippen LogP contribution >= 0.6 is 0 Å². The predicted molar refractivity (Wildman–Crippen MR) is 106 cm³/mol. The molecule has 0 bridgehead atoms. The summed E-state index contributed by atoms with van der Waals surface area (Å²) in [6, 6.07) is 12.5. The molecule has 0 aliphatic rings. The van der Waals surface area contributed by atoms with Crippen molar-refractivity contribution in [1.82, 2.24) is 9.97 Å². The predicted octanol–water partition coefficient (Wildman–Crippen LogP) is 2.67. The highest BCUT2D eigenvalue weighted by Gasteiger charge is 2.12. The highest BCUT2D eigenvalue weighted by atomic mass is 16.5. The Hall–Kier alpha value is -4.07. The Bertz CT molecular complexity index is 1060. The normalized spacial score (nSPS) is 10.2. The van der Waals surface area contributed by atoms with E-state index < -0.39 is 11.9 Å². The number of hydrogen-bond acceptors (Lipinski definition) is 6. The van der Waals surface area contributed by atoms with Gasteiger partial charge in [-0.25, -0.2) is 4.79 Å². The van der Waals surface area contributed by atoms with Gasteiger partial charge in [0, 0.05) is 29.2 Å². The van der Waals surface area contributed by atoms with Gasteiger partial charge in [-0.15, -0.1) is 0 Å². The third-order valence-electron chi connectivity index (χ3n) is 3.98. The van der Waals surface area contributed by atoms with Crippen molar-refractivity contribution < 1.29 is 19.1 Å². The van der Waals surface area contributed by atoms with Gasteiger partial charge in [0.25, 0.3) is 5.91 Å². The number of rotatable bonds is 6. The molecule has 146 valence electrons. The van der Waals surface area contributed by atoms with E-state index in [9.17, 15) is 14.4 Å². The van der Waals surface area contributed by atoms with Gasteiger partial charge in [0.2, 0.25) is 5.91 Å². The average molecular weight is 390 g/mol. The molecule has 0 atom stereocenters. The van der Waals surface area contributed by atoms with E-state index in [4.69, 9.17) is 10.5 Å². The number of pyridine rings is 2. The first-order chi connectivity index (χ1) is 14.0. The molecule has 1 aromatic carbocycles. The number of esters is 1. The molecule has 0 saturated heterocycles. The number of nitrogens with one attached hydrogen (secondary N) is 1. The summed E-state index contributed by atoms with van der Waals surface area (Å²) < 4.78 is 4.99. The fourth-order valence-electron chi connectivity index (χ4n) is 2.54. The first-order valence-electron chi connectivity index (χ1n) is 8.78. The molecule has 0 spiro atoms. The molecule has 29 heavy (non-hydrogen) atoms. The van der Waals surface area contributed by atoms with Crippen LogP contribution in [0.1, 0.15) is 38.0 Å². The highest BCUT2D eigenvalue weighted by Crippen LogP contribution is 2.18. The number of amides is 2. The molecule has 8 heteroatoms. The second-order valence-electron chi connectivity index (χ2n) is 5.98. The lowest BCUT2D eigenvalue weighted by atomic mass is 10.1. The quantitative estimate of drug-likeness (QED) is 0.624. The number of nitrogens with two attached hydrogens (primary N) is 1. The number of benzene rings is 1. The van der Waals surface area contributed by atoms with Crippen LogP contribution in [0.15, 0.2) is 60.9 Å². The van der Waals surface area contributed by atoms with Crippen LogP contribution in [-0.4, -0.2) is 34.4 Å². The van der Waals surface area contributed by atoms with Crippen LogP contribution in [0.5, 0.6) is 0 Å². The van der Waals surface area contributed by atoms with Crippen molar-refractivity contribution >= 4 is 23.5 Å². The fourth-order valence-corrected chi connectivity index (χ4v) is 2.54. The monoisotopic (exact) mass is 390 g/mol. The first kappa shape index (κ1) is 19.7. The molecule has 2 amide bonds. The molecule has 8 nitrogen and oxygen atoms in total. The fraction of sp³-hybridized carbons (Fsp3) is 0.0952. The number of carbonyl (C=O) groups excluding carboxylic acids is 3. The zero-order valence-corrected chi connectivity index (χ0v) is 15.6. The number of anilines is 1. The van der Waals surface area contributed by atoms with E-state index in [2.05, 4.69) is 15.3 Å².